The van der Waals surface area contributed by atoms with Gasteiger partial charge in [-0.25, -0.2) is 9.97 Å². The number of hydrogen-bond acceptors (Lipinski definition) is 6. The highest BCUT2D eigenvalue weighted by Gasteiger charge is 2.28. The molecule has 180 valence electrons. The van der Waals surface area contributed by atoms with Crippen LogP contribution in [-0.2, 0) is 11.3 Å². The van der Waals surface area contributed by atoms with Gasteiger partial charge in [-0.05, 0) is 54.9 Å². The lowest BCUT2D eigenvalue weighted by atomic mass is 9.97. The van der Waals surface area contributed by atoms with Crippen molar-refractivity contribution in [3.8, 4) is 0 Å². The van der Waals surface area contributed by atoms with Crippen molar-refractivity contribution in [2.75, 3.05) is 36.0 Å². The van der Waals surface area contributed by atoms with Crippen molar-refractivity contribution in [3.05, 3.63) is 64.6 Å². The number of fused-ring (bicyclic) bond motifs is 1. The molecule has 0 spiro atoms. The molecule has 34 heavy (non-hydrogen) atoms. The van der Waals surface area contributed by atoms with Gasteiger partial charge < -0.3 is 10.2 Å². The Kier molecular flexibility index (Phi) is 8.57. The zero-order valence-electron chi connectivity index (χ0n) is 19.8. The Morgan fingerprint density at radius 2 is 2.03 bits per heavy atom. The molecular formula is C26H33N5O2S. The minimum Gasteiger partial charge on any atom is -0.356 e. The average Bonchev–Trinajstić information content (AvgIpc) is 2.88. The number of hydrogen-bond donors (Lipinski definition) is 1. The zero-order chi connectivity index (χ0) is 23.8. The van der Waals surface area contributed by atoms with Crippen LogP contribution in [0.25, 0.3) is 11.2 Å². The van der Waals surface area contributed by atoms with E-state index in [1.165, 1.54) is 12.2 Å². The Hall–Kier alpha value is -2.87. The fraction of sp³-hybridized carbons (Fsp3) is 0.462. The van der Waals surface area contributed by atoms with Gasteiger partial charge in [-0.15, -0.1) is 0 Å². The topological polar surface area (TPSA) is 80.1 Å². The number of aromatic nitrogens is 3. The molecule has 1 unspecified atom stereocenters. The first-order valence-corrected chi connectivity index (χ1v) is 13.3. The van der Waals surface area contributed by atoms with Gasteiger partial charge in [0.15, 0.2) is 11.5 Å². The summed E-state index contributed by atoms with van der Waals surface area (Å²) in [6.45, 7) is 4.54. The van der Waals surface area contributed by atoms with Crippen molar-refractivity contribution < 1.29 is 4.79 Å². The van der Waals surface area contributed by atoms with Crippen LogP contribution >= 0.6 is 11.8 Å². The lowest BCUT2D eigenvalue weighted by Crippen LogP contribution is -2.46. The van der Waals surface area contributed by atoms with Gasteiger partial charge in [0.1, 0.15) is 5.52 Å². The summed E-state index contributed by atoms with van der Waals surface area (Å²) in [4.78, 5) is 37.5. The van der Waals surface area contributed by atoms with E-state index in [0.717, 1.165) is 37.1 Å². The molecule has 1 aromatic carbocycles. The van der Waals surface area contributed by atoms with Gasteiger partial charge in [0.25, 0.3) is 5.56 Å². The second-order valence-electron chi connectivity index (χ2n) is 8.70. The van der Waals surface area contributed by atoms with Gasteiger partial charge >= 0.3 is 0 Å². The van der Waals surface area contributed by atoms with Gasteiger partial charge in [0.2, 0.25) is 5.91 Å². The monoisotopic (exact) mass is 479 g/mol. The van der Waals surface area contributed by atoms with Crippen molar-refractivity contribution >= 4 is 34.7 Å². The first-order chi connectivity index (χ1) is 16.7. The fourth-order valence-electron chi connectivity index (χ4n) is 4.34. The number of amides is 1. The van der Waals surface area contributed by atoms with Crippen LogP contribution in [0.4, 0.5) is 5.82 Å². The van der Waals surface area contributed by atoms with E-state index in [1.807, 2.05) is 59.1 Å². The molecule has 0 saturated carbocycles. The first kappa shape index (κ1) is 24.3. The Labute approximate surface area is 205 Å². The number of nitrogens with zero attached hydrogens (tertiary/aromatic N) is 4. The Morgan fingerprint density at radius 1 is 1.18 bits per heavy atom. The molecule has 1 aliphatic rings. The second-order valence-corrected chi connectivity index (χ2v) is 9.93. The summed E-state index contributed by atoms with van der Waals surface area (Å²) in [5.41, 5.74) is 2.13. The van der Waals surface area contributed by atoms with Crippen LogP contribution in [0.1, 0.15) is 38.2 Å². The molecule has 1 saturated heterocycles. The molecule has 4 rings (SSSR count). The third kappa shape index (κ3) is 5.97. The van der Waals surface area contributed by atoms with Crippen LogP contribution < -0.4 is 15.8 Å². The fourth-order valence-corrected chi connectivity index (χ4v) is 5.18. The summed E-state index contributed by atoms with van der Waals surface area (Å²) >= 11 is 1.93. The predicted molar refractivity (Wildman–Crippen MR) is 140 cm³/mol. The van der Waals surface area contributed by atoms with E-state index in [4.69, 9.17) is 4.98 Å². The summed E-state index contributed by atoms with van der Waals surface area (Å²) < 4.78 is 1.70. The van der Waals surface area contributed by atoms with Gasteiger partial charge in [-0.1, -0.05) is 37.3 Å². The molecular weight excluding hydrogens is 446 g/mol. The maximum absolute atomic E-state index is 13.6. The summed E-state index contributed by atoms with van der Waals surface area (Å²) in [6, 6.07) is 13.6. The lowest BCUT2D eigenvalue weighted by Gasteiger charge is -2.32. The summed E-state index contributed by atoms with van der Waals surface area (Å²) in [7, 11) is 0. The highest BCUT2D eigenvalue weighted by Crippen LogP contribution is 2.22. The number of anilines is 1. The molecule has 0 aliphatic carbocycles. The van der Waals surface area contributed by atoms with Gasteiger partial charge in [-0.2, -0.15) is 11.8 Å². The maximum Gasteiger partial charge on any atom is 0.295 e. The van der Waals surface area contributed by atoms with E-state index in [0.29, 0.717) is 36.6 Å². The van der Waals surface area contributed by atoms with Crippen LogP contribution in [0, 0.1) is 5.92 Å². The summed E-state index contributed by atoms with van der Waals surface area (Å²) in [5, 5.41) is 3.10. The van der Waals surface area contributed by atoms with Crippen molar-refractivity contribution in [3.63, 3.8) is 0 Å². The quantitative estimate of drug-likeness (QED) is 0.447. The largest absolute Gasteiger partial charge is 0.356 e. The molecule has 7 nitrogen and oxygen atoms in total. The Morgan fingerprint density at radius 3 is 2.85 bits per heavy atom. The zero-order valence-corrected chi connectivity index (χ0v) is 20.6. The summed E-state index contributed by atoms with van der Waals surface area (Å²) in [6.07, 6.45) is 5.54. The molecule has 3 heterocycles. The number of carbonyl (C=O) groups excluding carboxylic acids is 1. The van der Waals surface area contributed by atoms with E-state index in [9.17, 15) is 9.59 Å². The summed E-state index contributed by atoms with van der Waals surface area (Å²) in [5.74, 6) is 2.59. The molecule has 8 heteroatoms. The Balaban J connectivity index is 1.51. The van der Waals surface area contributed by atoms with Gasteiger partial charge in [0.05, 0.1) is 12.5 Å². The van der Waals surface area contributed by atoms with E-state index >= 15 is 0 Å². The van der Waals surface area contributed by atoms with E-state index < -0.39 is 0 Å². The molecule has 1 atom stereocenters. The molecule has 0 bridgehead atoms. The van der Waals surface area contributed by atoms with Crippen molar-refractivity contribution in [2.24, 2.45) is 5.92 Å². The van der Waals surface area contributed by atoms with E-state index in [2.05, 4.69) is 17.2 Å². The van der Waals surface area contributed by atoms with Crippen LogP contribution in [0.3, 0.4) is 0 Å². The minimum absolute atomic E-state index is 0.0808. The minimum atomic E-state index is -0.163. The molecule has 1 aliphatic heterocycles. The van der Waals surface area contributed by atoms with Crippen LogP contribution in [-0.4, -0.2) is 51.6 Å². The van der Waals surface area contributed by atoms with Gasteiger partial charge in [0, 0.05) is 25.8 Å². The molecule has 1 fully saturated rings. The molecule has 2 aromatic heterocycles. The molecule has 1 N–H and O–H groups in total. The molecule has 0 radical (unpaired) electrons. The maximum atomic E-state index is 13.6. The predicted octanol–water partition coefficient (Wildman–Crippen LogP) is 3.71. The van der Waals surface area contributed by atoms with Crippen LogP contribution in [0.2, 0.25) is 0 Å². The number of piperidine rings is 1. The van der Waals surface area contributed by atoms with Gasteiger partial charge in [-0.3, -0.25) is 14.2 Å². The second kappa shape index (κ2) is 12.0. The number of rotatable bonds is 10. The van der Waals surface area contributed by atoms with E-state index in [1.54, 1.807) is 10.8 Å². The van der Waals surface area contributed by atoms with Crippen molar-refractivity contribution in [2.45, 2.75) is 39.2 Å². The van der Waals surface area contributed by atoms with Crippen LogP contribution in [0.5, 0.6) is 0 Å². The highest BCUT2D eigenvalue weighted by molar-refractivity contribution is 7.99. The smallest absolute Gasteiger partial charge is 0.295 e. The SMILES string of the molecule is CCCSCCCNC(=O)C1CCCN(c2nc3cccnc3n(Cc3ccccc3)c2=O)C1. The van der Waals surface area contributed by atoms with E-state index in [-0.39, 0.29) is 17.4 Å². The van der Waals surface area contributed by atoms with Crippen molar-refractivity contribution in [1.82, 2.24) is 19.9 Å². The number of nitrogens with one attached hydrogen (secondary N) is 1. The third-order valence-electron chi connectivity index (χ3n) is 6.07. The lowest BCUT2D eigenvalue weighted by molar-refractivity contribution is -0.125. The highest BCUT2D eigenvalue weighted by atomic mass is 32.2. The number of thioether (sulfide) groups is 1. The number of carbonyl (C=O) groups is 1. The average molecular weight is 480 g/mol. The number of benzene rings is 1. The molecule has 3 aromatic rings. The number of pyridine rings is 1. The first-order valence-electron chi connectivity index (χ1n) is 12.2. The molecule has 1 amide bonds. The standard InChI is InChI=1S/C26H33N5O2S/c1-2-16-34-17-8-14-28-25(32)21-11-7-15-30(19-21)24-26(33)31(18-20-9-4-3-5-10-20)23-22(29-24)12-6-13-27-23/h3-6,9-10,12-13,21H,2,7-8,11,14-19H2,1H3,(H,28,32). The third-order valence-corrected chi connectivity index (χ3v) is 7.35. The van der Waals surface area contributed by atoms with Crippen LogP contribution in [0.15, 0.2) is 53.5 Å². The normalized spacial score (nSPS) is 16.0. The van der Waals surface area contributed by atoms with Crippen molar-refractivity contribution in [1.29, 1.82) is 0 Å². The Bertz CT molecular complexity index is 1150.